The summed E-state index contributed by atoms with van der Waals surface area (Å²) < 4.78 is 0. The first-order valence-corrected chi connectivity index (χ1v) is 8.36. The van der Waals surface area contributed by atoms with Crippen molar-refractivity contribution >= 4 is 27.8 Å². The van der Waals surface area contributed by atoms with Crippen molar-refractivity contribution in [2.45, 2.75) is 32.9 Å². The second-order valence-electron chi connectivity index (χ2n) is 4.63. The van der Waals surface area contributed by atoms with E-state index in [0.29, 0.717) is 0 Å². The number of anilines is 1. The van der Waals surface area contributed by atoms with Gasteiger partial charge < -0.3 is 10.2 Å². The Kier molecular flexibility index (Phi) is 5.36. The van der Waals surface area contributed by atoms with Crippen LogP contribution in [0.1, 0.15) is 29.5 Å². The van der Waals surface area contributed by atoms with Crippen molar-refractivity contribution in [3.05, 3.63) is 33.0 Å². The van der Waals surface area contributed by atoms with Gasteiger partial charge >= 0.3 is 0 Å². The average Bonchev–Trinajstić information content (AvgIpc) is 3.01. The maximum atomic E-state index is 4.81. The minimum atomic E-state index is 0.916. The Labute approximate surface area is 123 Å². The van der Waals surface area contributed by atoms with E-state index >= 15 is 0 Å². The zero-order valence-electron chi connectivity index (χ0n) is 11.8. The van der Waals surface area contributed by atoms with E-state index in [1.165, 1.54) is 16.1 Å². The number of hydrogen-bond donors (Lipinski definition) is 1. The van der Waals surface area contributed by atoms with Gasteiger partial charge in [-0.15, -0.1) is 11.3 Å². The number of nitrogens with zero attached hydrogens (tertiary/aromatic N) is 2. The predicted octanol–water partition coefficient (Wildman–Crippen LogP) is 3.51. The third-order valence-corrected chi connectivity index (χ3v) is 4.86. The molecule has 0 amide bonds. The van der Waals surface area contributed by atoms with Crippen LogP contribution in [-0.2, 0) is 19.5 Å². The van der Waals surface area contributed by atoms with Crippen LogP contribution in [0, 0.1) is 0 Å². The molecule has 0 aromatic carbocycles. The first kappa shape index (κ1) is 14.5. The highest BCUT2D eigenvalue weighted by atomic mass is 32.1. The van der Waals surface area contributed by atoms with Crippen molar-refractivity contribution in [1.82, 2.24) is 10.3 Å². The van der Waals surface area contributed by atoms with E-state index < -0.39 is 0 Å². The van der Waals surface area contributed by atoms with E-state index in [1.54, 1.807) is 11.3 Å². The van der Waals surface area contributed by atoms with Gasteiger partial charge in [0.25, 0.3) is 0 Å². The molecule has 2 heterocycles. The third kappa shape index (κ3) is 3.78. The Balaban J connectivity index is 2.12. The van der Waals surface area contributed by atoms with Gasteiger partial charge in [0, 0.05) is 25.0 Å². The molecule has 0 spiro atoms. The maximum Gasteiger partial charge on any atom is 0.185 e. The number of thiazole rings is 1. The normalized spacial score (nSPS) is 10.9. The summed E-state index contributed by atoms with van der Waals surface area (Å²) in [6.07, 6.45) is 2.22. The van der Waals surface area contributed by atoms with E-state index in [0.717, 1.165) is 31.1 Å². The molecule has 0 saturated carbocycles. The number of nitrogens with one attached hydrogen (secondary N) is 1. The minimum absolute atomic E-state index is 0.916. The molecule has 2 aromatic heterocycles. The summed E-state index contributed by atoms with van der Waals surface area (Å²) in [5.74, 6) is 0. The lowest BCUT2D eigenvalue weighted by Crippen LogP contribution is -2.15. The van der Waals surface area contributed by atoms with Crippen molar-refractivity contribution in [1.29, 1.82) is 0 Å². The summed E-state index contributed by atoms with van der Waals surface area (Å²) in [4.78, 5) is 8.42. The summed E-state index contributed by atoms with van der Waals surface area (Å²) in [6, 6.07) is 2.18. The van der Waals surface area contributed by atoms with Crippen molar-refractivity contribution in [3.63, 3.8) is 0 Å². The van der Waals surface area contributed by atoms with Crippen molar-refractivity contribution in [3.8, 4) is 0 Å². The molecule has 2 aromatic rings. The van der Waals surface area contributed by atoms with Crippen molar-refractivity contribution in [2.75, 3.05) is 19.0 Å². The first-order valence-electron chi connectivity index (χ1n) is 6.60. The Bertz CT molecular complexity index is 467. The molecular weight excluding hydrogens is 274 g/mol. The smallest absolute Gasteiger partial charge is 0.185 e. The van der Waals surface area contributed by atoms with Crippen LogP contribution in [0.25, 0.3) is 0 Å². The molecule has 0 aliphatic heterocycles. The zero-order chi connectivity index (χ0) is 13.7. The maximum absolute atomic E-state index is 4.81. The van der Waals surface area contributed by atoms with Gasteiger partial charge in [0.2, 0.25) is 0 Å². The number of aryl methyl sites for hydroxylation is 1. The molecular formula is C14H21N3S2. The average molecular weight is 295 g/mol. The number of rotatable bonds is 7. The lowest BCUT2D eigenvalue weighted by molar-refractivity contribution is 0.796. The monoisotopic (exact) mass is 295 g/mol. The van der Waals surface area contributed by atoms with Crippen LogP contribution < -0.4 is 10.2 Å². The van der Waals surface area contributed by atoms with Gasteiger partial charge in [-0.2, -0.15) is 11.3 Å². The largest absolute Gasteiger partial charge is 0.347 e. The molecule has 104 valence electrons. The Morgan fingerprint density at radius 2 is 2.26 bits per heavy atom. The predicted molar refractivity (Wildman–Crippen MR) is 85.3 cm³/mol. The molecule has 1 N–H and O–H groups in total. The summed E-state index contributed by atoms with van der Waals surface area (Å²) >= 11 is 3.56. The van der Waals surface area contributed by atoms with Crippen molar-refractivity contribution < 1.29 is 0 Å². The quantitative estimate of drug-likeness (QED) is 0.847. The van der Waals surface area contributed by atoms with Crippen LogP contribution >= 0.6 is 22.7 Å². The molecule has 3 nitrogen and oxygen atoms in total. The zero-order valence-corrected chi connectivity index (χ0v) is 13.4. The summed E-state index contributed by atoms with van der Waals surface area (Å²) in [5, 5.41) is 8.68. The summed E-state index contributed by atoms with van der Waals surface area (Å²) in [5.41, 5.74) is 2.61. The van der Waals surface area contributed by atoms with E-state index in [-0.39, 0.29) is 0 Å². The highest BCUT2D eigenvalue weighted by Crippen LogP contribution is 2.27. The highest BCUT2D eigenvalue weighted by molar-refractivity contribution is 7.15. The van der Waals surface area contributed by atoms with Crippen LogP contribution in [-0.4, -0.2) is 19.1 Å². The Morgan fingerprint density at radius 3 is 2.89 bits per heavy atom. The second kappa shape index (κ2) is 7.03. The third-order valence-electron chi connectivity index (χ3n) is 2.92. The minimum Gasteiger partial charge on any atom is -0.347 e. The number of thiophene rings is 1. The van der Waals surface area contributed by atoms with Gasteiger partial charge in [-0.1, -0.05) is 13.3 Å². The van der Waals surface area contributed by atoms with Gasteiger partial charge in [-0.05, 0) is 35.9 Å². The van der Waals surface area contributed by atoms with Crippen LogP contribution in [0.5, 0.6) is 0 Å². The number of hydrogen-bond acceptors (Lipinski definition) is 5. The van der Waals surface area contributed by atoms with Gasteiger partial charge in [-0.25, -0.2) is 4.98 Å². The molecule has 0 bridgehead atoms. The fourth-order valence-electron chi connectivity index (χ4n) is 1.99. The fraction of sp³-hybridized carbons (Fsp3) is 0.500. The van der Waals surface area contributed by atoms with Crippen LogP contribution in [0.4, 0.5) is 5.13 Å². The molecule has 5 heteroatoms. The molecule has 2 rings (SSSR count). The van der Waals surface area contributed by atoms with Crippen molar-refractivity contribution in [2.24, 2.45) is 0 Å². The molecule has 19 heavy (non-hydrogen) atoms. The lowest BCUT2D eigenvalue weighted by Gasteiger charge is -2.14. The highest BCUT2D eigenvalue weighted by Gasteiger charge is 2.13. The van der Waals surface area contributed by atoms with Gasteiger partial charge in [-0.3, -0.25) is 0 Å². The second-order valence-corrected chi connectivity index (χ2v) is 6.48. The van der Waals surface area contributed by atoms with E-state index in [4.69, 9.17) is 4.98 Å². The molecule has 0 aliphatic carbocycles. The Hall–Kier alpha value is -0.910. The van der Waals surface area contributed by atoms with Crippen LogP contribution in [0.2, 0.25) is 0 Å². The topological polar surface area (TPSA) is 28.2 Å². The lowest BCUT2D eigenvalue weighted by atomic mass is 10.2. The fourth-order valence-corrected chi connectivity index (χ4v) is 3.73. The molecule has 0 fully saturated rings. The van der Waals surface area contributed by atoms with E-state index in [9.17, 15) is 0 Å². The molecule has 0 atom stereocenters. The molecule has 0 unspecified atom stereocenters. The van der Waals surface area contributed by atoms with E-state index in [2.05, 4.69) is 41.0 Å². The SMILES string of the molecule is CCCc1nc(N(C)Cc2ccsc2)sc1CNC. The van der Waals surface area contributed by atoms with Gasteiger partial charge in [0.05, 0.1) is 5.69 Å². The first-order chi connectivity index (χ1) is 9.24. The molecule has 0 saturated heterocycles. The standard InChI is InChI=1S/C14H21N3S2/c1-4-5-12-13(8-15-2)19-14(16-12)17(3)9-11-6-7-18-10-11/h6-7,10,15H,4-5,8-9H2,1-3H3. The Morgan fingerprint density at radius 1 is 1.42 bits per heavy atom. The molecule has 0 radical (unpaired) electrons. The van der Waals surface area contributed by atoms with Gasteiger partial charge in [0.15, 0.2) is 5.13 Å². The van der Waals surface area contributed by atoms with Gasteiger partial charge in [0.1, 0.15) is 0 Å². The number of aromatic nitrogens is 1. The summed E-state index contributed by atoms with van der Waals surface area (Å²) in [6.45, 7) is 4.05. The van der Waals surface area contributed by atoms with Crippen LogP contribution in [0.3, 0.4) is 0 Å². The summed E-state index contributed by atoms with van der Waals surface area (Å²) in [7, 11) is 4.11. The van der Waals surface area contributed by atoms with E-state index in [1.807, 2.05) is 18.4 Å². The molecule has 0 aliphatic rings. The van der Waals surface area contributed by atoms with Crippen LogP contribution in [0.15, 0.2) is 16.8 Å².